The van der Waals surface area contributed by atoms with Crippen molar-refractivity contribution >= 4 is 33.0 Å². The first-order chi connectivity index (χ1) is 10.1. The van der Waals surface area contributed by atoms with Crippen molar-refractivity contribution < 1.29 is 0 Å². The van der Waals surface area contributed by atoms with E-state index in [9.17, 15) is 0 Å². The second kappa shape index (κ2) is 5.79. The fraction of sp³-hybridized carbons (Fsp3) is 0.312. The van der Waals surface area contributed by atoms with E-state index in [0.717, 1.165) is 5.69 Å². The summed E-state index contributed by atoms with van der Waals surface area (Å²) in [5.41, 5.74) is 1.03. The Labute approximate surface area is 133 Å². The molecule has 0 aliphatic carbocycles. The molecule has 1 aromatic carbocycles. The van der Waals surface area contributed by atoms with Crippen molar-refractivity contribution in [1.82, 2.24) is 15.1 Å². The van der Waals surface area contributed by atoms with Crippen molar-refractivity contribution in [2.75, 3.05) is 7.05 Å². The summed E-state index contributed by atoms with van der Waals surface area (Å²) in [5.74, 6) is 0. The number of hydrogen-bond donors (Lipinski definition) is 1. The molecule has 0 bridgehead atoms. The van der Waals surface area contributed by atoms with E-state index in [0.29, 0.717) is 5.02 Å². The van der Waals surface area contributed by atoms with E-state index < -0.39 is 0 Å². The third-order valence-corrected chi connectivity index (χ3v) is 5.04. The van der Waals surface area contributed by atoms with Crippen LogP contribution in [0, 0.1) is 0 Å². The fourth-order valence-corrected chi connectivity index (χ4v) is 4.01. The van der Waals surface area contributed by atoms with Crippen LogP contribution < -0.4 is 5.32 Å². The third kappa shape index (κ3) is 2.59. The zero-order valence-electron chi connectivity index (χ0n) is 12.3. The summed E-state index contributed by atoms with van der Waals surface area (Å²) in [6.07, 6.45) is 1.73. The highest BCUT2D eigenvalue weighted by molar-refractivity contribution is 7.19. The zero-order chi connectivity index (χ0) is 15.0. The molecule has 0 spiro atoms. The van der Waals surface area contributed by atoms with E-state index >= 15 is 0 Å². The van der Waals surface area contributed by atoms with Gasteiger partial charge in [-0.3, -0.25) is 4.68 Å². The first kappa shape index (κ1) is 14.6. The summed E-state index contributed by atoms with van der Waals surface area (Å²) in [6.45, 7) is 4.23. The van der Waals surface area contributed by atoms with E-state index in [2.05, 4.69) is 54.6 Å². The minimum atomic E-state index is 0.0554. The van der Waals surface area contributed by atoms with Crippen molar-refractivity contribution in [3.8, 4) is 0 Å². The molecular formula is C16H18ClN3S. The molecule has 0 aliphatic heterocycles. The molecule has 0 fully saturated rings. The van der Waals surface area contributed by atoms with Crippen LogP contribution >= 0.6 is 22.9 Å². The highest BCUT2D eigenvalue weighted by Crippen LogP contribution is 2.36. The quantitative estimate of drug-likeness (QED) is 0.759. The van der Waals surface area contributed by atoms with E-state index in [1.165, 1.54) is 15.0 Å². The molecule has 1 atom stereocenters. The Morgan fingerprint density at radius 2 is 2.05 bits per heavy atom. The molecule has 0 saturated heterocycles. The van der Waals surface area contributed by atoms with Gasteiger partial charge in [-0.2, -0.15) is 5.10 Å². The van der Waals surface area contributed by atoms with Crippen molar-refractivity contribution in [3.63, 3.8) is 0 Å². The number of benzene rings is 1. The van der Waals surface area contributed by atoms with Crippen LogP contribution in [0.5, 0.6) is 0 Å². The molecule has 2 heterocycles. The van der Waals surface area contributed by atoms with Gasteiger partial charge in [-0.05, 0) is 38.4 Å². The number of fused-ring (bicyclic) bond motifs is 1. The molecule has 1 unspecified atom stereocenters. The molecule has 0 radical (unpaired) electrons. The van der Waals surface area contributed by atoms with Gasteiger partial charge in [0, 0.05) is 15.6 Å². The van der Waals surface area contributed by atoms with Gasteiger partial charge in [0.05, 0.1) is 23.0 Å². The summed E-state index contributed by atoms with van der Waals surface area (Å²) in [5, 5.41) is 9.77. The number of nitrogens with one attached hydrogen (secondary N) is 1. The minimum absolute atomic E-state index is 0.0554. The average molecular weight is 320 g/mol. The summed E-state index contributed by atoms with van der Waals surface area (Å²) >= 11 is 8.19. The van der Waals surface area contributed by atoms with E-state index in [1.54, 1.807) is 17.5 Å². The average Bonchev–Trinajstić information content (AvgIpc) is 3.04. The van der Waals surface area contributed by atoms with Crippen LogP contribution in [0.1, 0.15) is 36.5 Å². The van der Waals surface area contributed by atoms with E-state index in [-0.39, 0.29) is 12.1 Å². The van der Waals surface area contributed by atoms with Gasteiger partial charge >= 0.3 is 0 Å². The van der Waals surface area contributed by atoms with Crippen LogP contribution in [0.3, 0.4) is 0 Å². The first-order valence-corrected chi connectivity index (χ1v) is 8.20. The Hall–Kier alpha value is -1.36. The molecule has 3 nitrogen and oxygen atoms in total. The van der Waals surface area contributed by atoms with Crippen molar-refractivity contribution in [2.45, 2.75) is 25.9 Å². The van der Waals surface area contributed by atoms with Gasteiger partial charge in [-0.1, -0.05) is 29.8 Å². The number of aromatic nitrogens is 2. The topological polar surface area (TPSA) is 29.9 Å². The highest BCUT2D eigenvalue weighted by atomic mass is 35.5. The number of nitrogens with zero attached hydrogens (tertiary/aromatic N) is 2. The maximum Gasteiger partial charge on any atom is 0.0855 e. The maximum atomic E-state index is 6.39. The molecule has 0 saturated carbocycles. The molecule has 110 valence electrons. The van der Waals surface area contributed by atoms with Crippen LogP contribution in [0.25, 0.3) is 10.1 Å². The molecule has 21 heavy (non-hydrogen) atoms. The predicted octanol–water partition coefficient (Wildman–Crippen LogP) is 4.64. The summed E-state index contributed by atoms with van der Waals surface area (Å²) in [6, 6.07) is 11.0. The summed E-state index contributed by atoms with van der Waals surface area (Å²) < 4.78 is 3.29. The number of rotatable bonds is 4. The van der Waals surface area contributed by atoms with Gasteiger partial charge in [0.1, 0.15) is 0 Å². The Bertz CT molecular complexity index is 727. The molecular weight excluding hydrogens is 302 g/mol. The number of hydrogen-bond acceptors (Lipinski definition) is 3. The molecule has 0 aliphatic rings. The van der Waals surface area contributed by atoms with E-state index in [1.807, 2.05) is 11.7 Å². The Morgan fingerprint density at radius 1 is 1.29 bits per heavy atom. The second-order valence-corrected chi connectivity index (χ2v) is 6.85. The normalized spacial score (nSPS) is 13.2. The number of halogens is 1. The zero-order valence-corrected chi connectivity index (χ0v) is 13.9. The lowest BCUT2D eigenvalue weighted by Crippen LogP contribution is -2.22. The van der Waals surface area contributed by atoms with Gasteiger partial charge in [-0.25, -0.2) is 0 Å². The fourth-order valence-electron chi connectivity index (χ4n) is 2.59. The summed E-state index contributed by atoms with van der Waals surface area (Å²) in [4.78, 5) is 1.25. The van der Waals surface area contributed by atoms with Crippen molar-refractivity contribution in [1.29, 1.82) is 0 Å². The van der Waals surface area contributed by atoms with Gasteiger partial charge in [0.15, 0.2) is 0 Å². The lowest BCUT2D eigenvalue weighted by molar-refractivity contribution is 0.486. The standard InChI is InChI=1S/C16H18ClN3S/c1-10(2)20-16(12(17)9-19-20)15(18-3)14-8-11-6-4-5-7-13(11)21-14/h4-10,15,18H,1-3H3. The van der Waals surface area contributed by atoms with Crippen molar-refractivity contribution in [3.05, 3.63) is 52.1 Å². The molecule has 2 aromatic heterocycles. The minimum Gasteiger partial charge on any atom is -0.307 e. The van der Waals surface area contributed by atoms with Crippen LogP contribution in [0.2, 0.25) is 5.02 Å². The second-order valence-electron chi connectivity index (χ2n) is 5.32. The summed E-state index contributed by atoms with van der Waals surface area (Å²) in [7, 11) is 1.96. The molecule has 5 heteroatoms. The molecule has 1 N–H and O–H groups in total. The van der Waals surface area contributed by atoms with Crippen LogP contribution in [0.15, 0.2) is 36.5 Å². The third-order valence-electron chi connectivity index (χ3n) is 3.57. The lowest BCUT2D eigenvalue weighted by Gasteiger charge is -2.19. The van der Waals surface area contributed by atoms with Gasteiger partial charge in [-0.15, -0.1) is 11.3 Å². The Balaban J connectivity index is 2.12. The highest BCUT2D eigenvalue weighted by Gasteiger charge is 2.23. The number of thiophene rings is 1. The van der Waals surface area contributed by atoms with Crippen LogP contribution in [-0.2, 0) is 0 Å². The smallest absolute Gasteiger partial charge is 0.0855 e. The van der Waals surface area contributed by atoms with Crippen LogP contribution in [-0.4, -0.2) is 16.8 Å². The Morgan fingerprint density at radius 3 is 2.71 bits per heavy atom. The lowest BCUT2D eigenvalue weighted by atomic mass is 10.1. The largest absolute Gasteiger partial charge is 0.307 e. The SMILES string of the molecule is CNC(c1cc2ccccc2s1)c1c(Cl)cnn1C(C)C. The Kier molecular flexibility index (Phi) is 4.02. The molecule has 3 rings (SSSR count). The predicted molar refractivity (Wildman–Crippen MR) is 90.3 cm³/mol. The van der Waals surface area contributed by atoms with Gasteiger partial charge < -0.3 is 5.32 Å². The van der Waals surface area contributed by atoms with Gasteiger partial charge in [0.2, 0.25) is 0 Å². The first-order valence-electron chi connectivity index (χ1n) is 7.00. The van der Waals surface area contributed by atoms with Gasteiger partial charge in [0.25, 0.3) is 0 Å². The van der Waals surface area contributed by atoms with E-state index in [4.69, 9.17) is 11.6 Å². The van der Waals surface area contributed by atoms with Crippen LogP contribution in [0.4, 0.5) is 0 Å². The molecule has 3 aromatic rings. The maximum absolute atomic E-state index is 6.39. The van der Waals surface area contributed by atoms with Crippen molar-refractivity contribution in [2.24, 2.45) is 0 Å². The molecule has 0 amide bonds. The monoisotopic (exact) mass is 319 g/mol.